The third kappa shape index (κ3) is 3.64. The Hall–Kier alpha value is -2.50. The number of rotatable bonds is 5. The molecule has 1 aliphatic heterocycles. The maximum Gasteiger partial charge on any atom is 0.287 e. The minimum atomic E-state index is -0.242. The number of carbonyl (C=O) groups excluding carboxylic acids is 1. The highest BCUT2D eigenvalue weighted by molar-refractivity contribution is 5.91. The maximum absolute atomic E-state index is 13.0. The number of benzene rings is 1. The zero-order chi connectivity index (χ0) is 16.2. The third-order valence-electron chi connectivity index (χ3n) is 4.04. The van der Waals surface area contributed by atoms with E-state index in [0.29, 0.717) is 18.4 Å². The largest absolute Gasteiger partial charge is 0.468 e. The summed E-state index contributed by atoms with van der Waals surface area (Å²) >= 11 is 0. The topological polar surface area (TPSA) is 54.7 Å². The van der Waals surface area contributed by atoms with Crippen molar-refractivity contribution < 1.29 is 18.3 Å². The summed E-state index contributed by atoms with van der Waals surface area (Å²) in [6.07, 6.45) is 0.985. The van der Waals surface area contributed by atoms with Crippen molar-refractivity contribution in [2.24, 2.45) is 5.92 Å². The molecule has 0 unspecified atom stereocenters. The van der Waals surface area contributed by atoms with Gasteiger partial charge in [0.2, 0.25) is 0 Å². The maximum atomic E-state index is 13.0. The summed E-state index contributed by atoms with van der Waals surface area (Å²) < 4.78 is 23.1. The second-order valence-electron chi connectivity index (χ2n) is 5.61. The highest BCUT2D eigenvalue weighted by Crippen LogP contribution is 2.23. The molecule has 122 valence electrons. The number of nitrogens with one attached hydrogen (secondary N) is 1. The van der Waals surface area contributed by atoms with E-state index in [-0.39, 0.29) is 17.5 Å². The zero-order valence-electron chi connectivity index (χ0n) is 12.9. The number of carbonyl (C=O) groups is 1. The normalized spacial score (nSPS) is 17.3. The van der Waals surface area contributed by atoms with Gasteiger partial charge in [-0.3, -0.25) is 4.79 Å². The van der Waals surface area contributed by atoms with Gasteiger partial charge in [-0.15, -0.1) is 0 Å². The Kier molecular flexibility index (Phi) is 4.50. The first-order valence-electron chi connectivity index (χ1n) is 7.58. The van der Waals surface area contributed by atoms with Crippen LogP contribution in [0.2, 0.25) is 0 Å². The molecular weight excluding hydrogens is 299 g/mol. The monoisotopic (exact) mass is 318 g/mol. The van der Waals surface area contributed by atoms with Crippen molar-refractivity contribution in [3.63, 3.8) is 0 Å². The molecule has 1 aliphatic rings. The number of amides is 1. The highest BCUT2D eigenvalue weighted by atomic mass is 19.1. The lowest BCUT2D eigenvalue weighted by molar-refractivity contribution is 0.0914. The fourth-order valence-corrected chi connectivity index (χ4v) is 2.76. The molecule has 1 saturated heterocycles. The van der Waals surface area contributed by atoms with Crippen LogP contribution < -0.4 is 15.0 Å². The summed E-state index contributed by atoms with van der Waals surface area (Å²) in [5, 5.41) is 2.88. The summed E-state index contributed by atoms with van der Waals surface area (Å²) in [7, 11) is 1.49. The standard InChI is InChI=1S/C17H19FN2O3/c1-22-16-7-6-15(23-16)17(21)19-10-12-8-9-20(11-12)14-4-2-13(18)3-5-14/h2-7,12H,8-11H2,1H3,(H,19,21)/t12-/m0/s1. The number of ether oxygens (including phenoxy) is 1. The van der Waals surface area contributed by atoms with Crippen LogP contribution in [0.1, 0.15) is 17.0 Å². The summed E-state index contributed by atoms with van der Waals surface area (Å²) in [4.78, 5) is 14.2. The van der Waals surface area contributed by atoms with E-state index in [0.717, 1.165) is 25.2 Å². The van der Waals surface area contributed by atoms with Gasteiger partial charge >= 0.3 is 0 Å². The Morgan fingerprint density at radius 3 is 2.83 bits per heavy atom. The van der Waals surface area contributed by atoms with E-state index in [4.69, 9.17) is 9.15 Å². The molecule has 0 saturated carbocycles. The quantitative estimate of drug-likeness (QED) is 0.921. The Morgan fingerprint density at radius 2 is 2.13 bits per heavy atom. The number of nitrogens with zero attached hydrogens (tertiary/aromatic N) is 1. The predicted octanol–water partition coefficient (Wildman–Crippen LogP) is 2.68. The van der Waals surface area contributed by atoms with E-state index < -0.39 is 0 Å². The first kappa shape index (κ1) is 15.4. The minimum Gasteiger partial charge on any atom is -0.468 e. The molecular formula is C17H19FN2O3. The van der Waals surface area contributed by atoms with Crippen molar-refractivity contribution in [2.75, 3.05) is 31.6 Å². The van der Waals surface area contributed by atoms with Gasteiger partial charge in [0, 0.05) is 31.4 Å². The van der Waals surface area contributed by atoms with Gasteiger partial charge in [0.15, 0.2) is 5.76 Å². The van der Waals surface area contributed by atoms with Gasteiger partial charge in [-0.25, -0.2) is 4.39 Å². The number of hydrogen-bond donors (Lipinski definition) is 1. The van der Waals surface area contributed by atoms with Gasteiger partial charge < -0.3 is 19.4 Å². The first-order chi connectivity index (χ1) is 11.2. The van der Waals surface area contributed by atoms with Crippen LogP contribution in [0.25, 0.3) is 0 Å². The van der Waals surface area contributed by atoms with Crippen molar-refractivity contribution in [3.05, 3.63) is 48.0 Å². The highest BCUT2D eigenvalue weighted by Gasteiger charge is 2.23. The molecule has 1 fully saturated rings. The van der Waals surface area contributed by atoms with Crippen LogP contribution in [-0.4, -0.2) is 32.7 Å². The fourth-order valence-electron chi connectivity index (χ4n) is 2.76. The number of furan rings is 1. The molecule has 5 nitrogen and oxygen atoms in total. The molecule has 3 rings (SSSR count). The Balaban J connectivity index is 1.50. The van der Waals surface area contributed by atoms with E-state index >= 15 is 0 Å². The predicted molar refractivity (Wildman–Crippen MR) is 84.3 cm³/mol. The van der Waals surface area contributed by atoms with Crippen LogP contribution in [0, 0.1) is 11.7 Å². The molecule has 0 bridgehead atoms. The van der Waals surface area contributed by atoms with Gasteiger partial charge in [0.05, 0.1) is 7.11 Å². The minimum absolute atomic E-state index is 0.231. The van der Waals surface area contributed by atoms with Gasteiger partial charge in [0.25, 0.3) is 11.9 Å². The van der Waals surface area contributed by atoms with Crippen LogP contribution in [0.3, 0.4) is 0 Å². The van der Waals surface area contributed by atoms with Gasteiger partial charge in [-0.2, -0.15) is 0 Å². The van der Waals surface area contributed by atoms with Crippen LogP contribution in [0.4, 0.5) is 10.1 Å². The second kappa shape index (κ2) is 6.73. The Bertz CT molecular complexity index is 669. The summed E-state index contributed by atoms with van der Waals surface area (Å²) in [6, 6.07) is 9.70. The first-order valence-corrected chi connectivity index (χ1v) is 7.58. The number of hydrogen-bond acceptors (Lipinski definition) is 4. The average Bonchev–Trinajstić information content (AvgIpc) is 3.22. The molecule has 1 aromatic carbocycles. The van der Waals surface area contributed by atoms with Crippen LogP contribution >= 0.6 is 0 Å². The SMILES string of the molecule is COc1ccc(C(=O)NC[C@@H]2CCN(c3ccc(F)cc3)C2)o1. The number of methoxy groups -OCH3 is 1. The van der Waals surface area contributed by atoms with Crippen molar-refractivity contribution in [1.82, 2.24) is 5.32 Å². The van der Waals surface area contributed by atoms with Crippen LogP contribution in [-0.2, 0) is 0 Å². The lowest BCUT2D eigenvalue weighted by Gasteiger charge is -2.18. The van der Waals surface area contributed by atoms with Crippen molar-refractivity contribution in [1.29, 1.82) is 0 Å². The summed E-state index contributed by atoms with van der Waals surface area (Å²) in [5.74, 6) is 0.453. The van der Waals surface area contributed by atoms with Crippen LogP contribution in [0.15, 0.2) is 40.8 Å². The van der Waals surface area contributed by atoms with E-state index in [1.54, 1.807) is 24.3 Å². The van der Waals surface area contributed by atoms with Crippen molar-refractivity contribution in [2.45, 2.75) is 6.42 Å². The van der Waals surface area contributed by atoms with E-state index in [1.807, 2.05) is 0 Å². The molecule has 1 amide bonds. The Morgan fingerprint density at radius 1 is 1.35 bits per heavy atom. The molecule has 23 heavy (non-hydrogen) atoms. The van der Waals surface area contributed by atoms with Crippen molar-refractivity contribution >= 4 is 11.6 Å². The molecule has 1 aromatic heterocycles. The molecule has 1 N–H and O–H groups in total. The number of halogens is 1. The number of anilines is 1. The Labute approximate surface area is 134 Å². The summed E-state index contributed by atoms with van der Waals surface area (Å²) in [6.45, 7) is 2.33. The second-order valence-corrected chi connectivity index (χ2v) is 5.61. The lowest BCUT2D eigenvalue weighted by atomic mass is 10.1. The van der Waals surface area contributed by atoms with Crippen molar-refractivity contribution in [3.8, 4) is 5.95 Å². The van der Waals surface area contributed by atoms with E-state index in [2.05, 4.69) is 10.2 Å². The zero-order valence-corrected chi connectivity index (χ0v) is 12.9. The van der Waals surface area contributed by atoms with E-state index in [9.17, 15) is 9.18 Å². The molecule has 0 aliphatic carbocycles. The fraction of sp³-hybridized carbons (Fsp3) is 0.353. The van der Waals surface area contributed by atoms with Gasteiger partial charge in [-0.1, -0.05) is 0 Å². The molecule has 2 heterocycles. The lowest BCUT2D eigenvalue weighted by Crippen LogP contribution is -2.30. The molecule has 2 aromatic rings. The van der Waals surface area contributed by atoms with Gasteiger partial charge in [0.1, 0.15) is 5.82 Å². The third-order valence-corrected chi connectivity index (χ3v) is 4.04. The average molecular weight is 318 g/mol. The molecule has 6 heteroatoms. The molecule has 1 atom stereocenters. The molecule has 0 spiro atoms. The van der Waals surface area contributed by atoms with E-state index in [1.165, 1.54) is 19.2 Å². The van der Waals surface area contributed by atoms with Gasteiger partial charge in [-0.05, 0) is 42.7 Å². The van der Waals surface area contributed by atoms with Crippen LogP contribution in [0.5, 0.6) is 5.95 Å². The molecule has 0 radical (unpaired) electrons. The summed E-state index contributed by atoms with van der Waals surface area (Å²) in [5.41, 5.74) is 1.01. The smallest absolute Gasteiger partial charge is 0.287 e.